The van der Waals surface area contributed by atoms with Crippen LogP contribution in [-0.4, -0.2) is 45.6 Å². The van der Waals surface area contributed by atoms with Gasteiger partial charge in [-0.2, -0.15) is 5.10 Å². The summed E-state index contributed by atoms with van der Waals surface area (Å²) < 4.78 is 1.19. The van der Waals surface area contributed by atoms with E-state index in [0.29, 0.717) is 30.6 Å². The Morgan fingerprint density at radius 2 is 1.89 bits per heavy atom. The van der Waals surface area contributed by atoms with Crippen molar-refractivity contribution in [2.75, 3.05) is 13.1 Å². The summed E-state index contributed by atoms with van der Waals surface area (Å²) in [5.74, 6) is -0.262. The molecule has 0 radical (unpaired) electrons. The zero-order chi connectivity index (χ0) is 19.8. The highest BCUT2D eigenvalue weighted by molar-refractivity contribution is 5.84. The first-order valence-corrected chi connectivity index (χ1v) is 9.18. The zero-order valence-corrected chi connectivity index (χ0v) is 16.3. The smallest absolute Gasteiger partial charge is 0.275 e. The van der Waals surface area contributed by atoms with Crippen LogP contribution in [0.3, 0.4) is 0 Å². The summed E-state index contributed by atoms with van der Waals surface area (Å²) in [5.41, 5.74) is 0.419. The molecular weight excluding hydrogens is 344 g/mol. The largest absolute Gasteiger partial charge is 0.349 e. The van der Waals surface area contributed by atoms with Crippen LogP contribution in [-0.2, 0) is 16.1 Å². The van der Waals surface area contributed by atoms with Gasteiger partial charge in [0.25, 0.3) is 5.56 Å². The molecule has 2 aromatic rings. The van der Waals surface area contributed by atoms with Gasteiger partial charge in [-0.1, -0.05) is 39.0 Å². The molecule has 0 saturated carbocycles. The van der Waals surface area contributed by atoms with Gasteiger partial charge in [0.05, 0.1) is 17.1 Å². The Bertz CT molecular complexity index is 942. The van der Waals surface area contributed by atoms with Gasteiger partial charge < -0.3 is 10.2 Å². The van der Waals surface area contributed by atoms with Crippen molar-refractivity contribution in [2.24, 2.45) is 5.41 Å². The molecule has 1 aliphatic heterocycles. The van der Waals surface area contributed by atoms with Crippen molar-refractivity contribution in [3.05, 3.63) is 40.3 Å². The van der Waals surface area contributed by atoms with Crippen LogP contribution in [0.1, 0.15) is 32.9 Å². The van der Waals surface area contributed by atoms with Crippen molar-refractivity contribution in [3.63, 3.8) is 0 Å². The number of carbonyl (C=O) groups excluding carboxylic acids is 2. The van der Waals surface area contributed by atoms with Crippen molar-refractivity contribution in [1.82, 2.24) is 20.0 Å². The molecule has 2 amide bonds. The Morgan fingerprint density at radius 3 is 2.56 bits per heavy atom. The first-order chi connectivity index (χ1) is 12.6. The highest BCUT2D eigenvalue weighted by Gasteiger charge is 2.32. The SMILES string of the molecule is Cc1nn(CC(=O)N[C@@H]2CC(=O)N(CC(C)(C)C)C2)c(=O)c2ccccc12. The average molecular weight is 370 g/mol. The third-order valence-electron chi connectivity index (χ3n) is 4.59. The minimum absolute atomic E-state index is 0.00834. The predicted molar refractivity (Wildman–Crippen MR) is 103 cm³/mol. The van der Waals surface area contributed by atoms with Crippen molar-refractivity contribution >= 4 is 22.6 Å². The lowest BCUT2D eigenvalue weighted by Gasteiger charge is -2.26. The molecule has 1 aromatic heterocycles. The lowest BCUT2D eigenvalue weighted by molar-refractivity contribution is -0.128. The monoisotopic (exact) mass is 370 g/mol. The van der Waals surface area contributed by atoms with Crippen molar-refractivity contribution < 1.29 is 9.59 Å². The maximum atomic E-state index is 12.6. The van der Waals surface area contributed by atoms with Gasteiger partial charge in [-0.25, -0.2) is 4.68 Å². The number of aromatic nitrogens is 2. The Balaban J connectivity index is 1.69. The second-order valence-electron chi connectivity index (χ2n) is 8.40. The molecule has 0 bridgehead atoms. The van der Waals surface area contributed by atoms with Gasteiger partial charge in [-0.3, -0.25) is 14.4 Å². The predicted octanol–water partition coefficient (Wildman–Crippen LogP) is 1.47. The molecule has 1 atom stereocenters. The van der Waals surface area contributed by atoms with E-state index in [9.17, 15) is 14.4 Å². The Hall–Kier alpha value is -2.70. The normalized spacial score (nSPS) is 17.6. The molecule has 0 aliphatic carbocycles. The molecular formula is C20H26N4O3. The number of likely N-dealkylation sites (tertiary alicyclic amines) is 1. The van der Waals surface area contributed by atoms with Crippen LogP contribution in [0.2, 0.25) is 0 Å². The summed E-state index contributed by atoms with van der Waals surface area (Å²) in [7, 11) is 0. The van der Waals surface area contributed by atoms with Gasteiger partial charge in [0.15, 0.2) is 0 Å². The molecule has 7 nitrogen and oxygen atoms in total. The first-order valence-electron chi connectivity index (χ1n) is 9.18. The number of nitrogens with one attached hydrogen (secondary N) is 1. The number of rotatable bonds is 4. The van der Waals surface area contributed by atoms with E-state index in [1.807, 2.05) is 19.1 Å². The quantitative estimate of drug-likeness (QED) is 0.883. The van der Waals surface area contributed by atoms with E-state index >= 15 is 0 Å². The van der Waals surface area contributed by atoms with E-state index in [-0.39, 0.29) is 35.4 Å². The topological polar surface area (TPSA) is 84.3 Å². The highest BCUT2D eigenvalue weighted by Crippen LogP contribution is 2.20. The third-order valence-corrected chi connectivity index (χ3v) is 4.59. The minimum atomic E-state index is -0.310. The van der Waals surface area contributed by atoms with Gasteiger partial charge in [0.2, 0.25) is 11.8 Å². The number of aryl methyl sites for hydroxylation is 1. The molecule has 2 heterocycles. The fourth-order valence-electron chi connectivity index (χ4n) is 3.52. The minimum Gasteiger partial charge on any atom is -0.349 e. The summed E-state index contributed by atoms with van der Waals surface area (Å²) in [6, 6.07) is 7.00. The van der Waals surface area contributed by atoms with Crippen LogP contribution >= 0.6 is 0 Å². The molecule has 1 N–H and O–H groups in total. The van der Waals surface area contributed by atoms with Crippen LogP contribution in [0.5, 0.6) is 0 Å². The van der Waals surface area contributed by atoms with E-state index in [4.69, 9.17) is 0 Å². The van der Waals surface area contributed by atoms with Gasteiger partial charge in [-0.05, 0) is 18.4 Å². The third kappa shape index (κ3) is 4.35. The number of carbonyl (C=O) groups is 2. The maximum Gasteiger partial charge on any atom is 0.275 e. The number of benzene rings is 1. The van der Waals surface area contributed by atoms with Crippen LogP contribution in [0.15, 0.2) is 29.1 Å². The van der Waals surface area contributed by atoms with Gasteiger partial charge >= 0.3 is 0 Å². The number of hydrogen-bond acceptors (Lipinski definition) is 4. The number of nitrogens with zero attached hydrogens (tertiary/aromatic N) is 3. The Morgan fingerprint density at radius 1 is 1.22 bits per heavy atom. The molecule has 1 fully saturated rings. The van der Waals surface area contributed by atoms with E-state index < -0.39 is 0 Å². The molecule has 144 valence electrons. The molecule has 27 heavy (non-hydrogen) atoms. The fraction of sp³-hybridized carbons (Fsp3) is 0.500. The number of fused-ring (bicyclic) bond motifs is 1. The van der Waals surface area contributed by atoms with Crippen LogP contribution in [0, 0.1) is 12.3 Å². The summed E-state index contributed by atoms with van der Waals surface area (Å²) in [6.45, 7) is 9.04. The lowest BCUT2D eigenvalue weighted by atomic mass is 9.96. The molecule has 1 aliphatic rings. The summed E-state index contributed by atoms with van der Waals surface area (Å²) in [4.78, 5) is 38.9. The average Bonchev–Trinajstić information content (AvgIpc) is 2.89. The Kier molecular flexibility index (Phi) is 5.04. The molecule has 7 heteroatoms. The number of amides is 2. The fourth-order valence-corrected chi connectivity index (χ4v) is 3.52. The second-order valence-corrected chi connectivity index (χ2v) is 8.40. The van der Waals surface area contributed by atoms with Crippen molar-refractivity contribution in [2.45, 2.75) is 46.7 Å². The highest BCUT2D eigenvalue weighted by atomic mass is 16.2. The maximum absolute atomic E-state index is 12.6. The van der Waals surface area contributed by atoms with E-state index in [0.717, 1.165) is 5.39 Å². The molecule has 0 unspecified atom stereocenters. The van der Waals surface area contributed by atoms with Gasteiger partial charge in [-0.15, -0.1) is 0 Å². The van der Waals surface area contributed by atoms with Crippen molar-refractivity contribution in [3.8, 4) is 0 Å². The zero-order valence-electron chi connectivity index (χ0n) is 16.3. The van der Waals surface area contributed by atoms with E-state index in [1.165, 1.54) is 4.68 Å². The second kappa shape index (κ2) is 7.13. The van der Waals surface area contributed by atoms with Crippen LogP contribution < -0.4 is 10.9 Å². The van der Waals surface area contributed by atoms with Gasteiger partial charge in [0.1, 0.15) is 6.54 Å². The Labute approximate surface area is 158 Å². The van der Waals surface area contributed by atoms with E-state index in [2.05, 4.69) is 31.2 Å². The van der Waals surface area contributed by atoms with Gasteiger partial charge in [0, 0.05) is 24.9 Å². The molecule has 1 saturated heterocycles. The van der Waals surface area contributed by atoms with Crippen LogP contribution in [0.25, 0.3) is 10.8 Å². The molecule has 3 rings (SSSR count). The summed E-state index contributed by atoms with van der Waals surface area (Å²) in [5, 5.41) is 8.46. The number of hydrogen-bond donors (Lipinski definition) is 1. The van der Waals surface area contributed by atoms with E-state index in [1.54, 1.807) is 17.0 Å². The van der Waals surface area contributed by atoms with Crippen molar-refractivity contribution in [1.29, 1.82) is 0 Å². The first kappa shape index (κ1) is 19.1. The molecule has 1 aromatic carbocycles. The summed E-state index contributed by atoms with van der Waals surface area (Å²) in [6.07, 6.45) is 0.293. The molecule has 0 spiro atoms. The van der Waals surface area contributed by atoms with Crippen LogP contribution in [0.4, 0.5) is 0 Å². The standard InChI is InChI=1S/C20H26N4O3/c1-13-15-7-5-6-8-16(15)19(27)24(22-13)11-17(25)21-14-9-18(26)23(10-14)12-20(2,3)4/h5-8,14H,9-12H2,1-4H3,(H,21,25)/t14-/m1/s1. The summed E-state index contributed by atoms with van der Waals surface area (Å²) >= 11 is 0. The lowest BCUT2D eigenvalue weighted by Crippen LogP contribution is -2.42.